The highest BCUT2D eigenvalue weighted by molar-refractivity contribution is 6.06. The van der Waals surface area contributed by atoms with E-state index in [4.69, 9.17) is 0 Å². The summed E-state index contributed by atoms with van der Waals surface area (Å²) in [6.45, 7) is 0.447. The fourth-order valence-corrected chi connectivity index (χ4v) is 3.34. The Balaban J connectivity index is 1.63. The van der Waals surface area contributed by atoms with Crippen molar-refractivity contribution in [2.75, 3.05) is 6.54 Å². The number of alkyl halides is 3. The molecular formula is C23H19F3N4O. The molecule has 0 bridgehead atoms. The maximum absolute atomic E-state index is 12.9. The summed E-state index contributed by atoms with van der Waals surface area (Å²) in [7, 11) is 1.70. The first-order valence-corrected chi connectivity index (χ1v) is 9.65. The molecular weight excluding hydrogens is 405 g/mol. The van der Waals surface area contributed by atoms with Crippen molar-refractivity contribution in [2.45, 2.75) is 12.6 Å². The van der Waals surface area contributed by atoms with E-state index in [1.165, 1.54) is 16.8 Å². The van der Waals surface area contributed by atoms with Crippen LogP contribution in [-0.4, -0.2) is 27.2 Å². The molecule has 2 aromatic carbocycles. The molecule has 0 radical (unpaired) electrons. The maximum atomic E-state index is 12.9. The van der Waals surface area contributed by atoms with Crippen molar-refractivity contribution < 1.29 is 18.0 Å². The number of pyridine rings is 1. The highest BCUT2D eigenvalue weighted by Crippen LogP contribution is 2.31. The zero-order valence-electron chi connectivity index (χ0n) is 16.6. The van der Waals surface area contributed by atoms with Gasteiger partial charge in [0.05, 0.1) is 28.4 Å². The lowest BCUT2D eigenvalue weighted by Gasteiger charge is -2.10. The number of aryl methyl sites for hydroxylation is 1. The van der Waals surface area contributed by atoms with Crippen LogP contribution in [0.15, 0.2) is 66.9 Å². The predicted molar refractivity (Wildman–Crippen MR) is 111 cm³/mol. The van der Waals surface area contributed by atoms with E-state index in [0.29, 0.717) is 40.8 Å². The lowest BCUT2D eigenvalue weighted by atomic mass is 10.0. The van der Waals surface area contributed by atoms with E-state index in [1.54, 1.807) is 19.3 Å². The Morgan fingerprint density at radius 2 is 1.77 bits per heavy atom. The normalized spacial score (nSPS) is 11.6. The van der Waals surface area contributed by atoms with Crippen molar-refractivity contribution >= 4 is 16.9 Å². The zero-order chi connectivity index (χ0) is 22.0. The van der Waals surface area contributed by atoms with Crippen molar-refractivity contribution in [3.63, 3.8) is 0 Å². The van der Waals surface area contributed by atoms with Gasteiger partial charge in [-0.1, -0.05) is 42.5 Å². The lowest BCUT2D eigenvalue weighted by molar-refractivity contribution is -0.137. The van der Waals surface area contributed by atoms with E-state index in [-0.39, 0.29) is 5.91 Å². The maximum Gasteiger partial charge on any atom is 0.416 e. The first kappa shape index (κ1) is 20.6. The molecule has 2 aromatic heterocycles. The quantitative estimate of drug-likeness (QED) is 0.508. The molecule has 0 saturated heterocycles. The van der Waals surface area contributed by atoms with Gasteiger partial charge in [0.25, 0.3) is 5.91 Å². The molecule has 4 rings (SSSR count). The second-order valence-electron chi connectivity index (χ2n) is 7.13. The topological polar surface area (TPSA) is 59.8 Å². The van der Waals surface area contributed by atoms with E-state index < -0.39 is 11.7 Å². The number of halogens is 3. The van der Waals surface area contributed by atoms with Crippen LogP contribution in [0, 0.1) is 0 Å². The van der Waals surface area contributed by atoms with Gasteiger partial charge in [0.2, 0.25) is 0 Å². The Kier molecular flexibility index (Phi) is 5.46. The Bertz CT molecular complexity index is 1220. The van der Waals surface area contributed by atoms with E-state index >= 15 is 0 Å². The van der Waals surface area contributed by atoms with Crippen LogP contribution in [0.5, 0.6) is 0 Å². The SMILES string of the molecule is Cn1ncc2c(C(=O)NCCc3ccccc3)cc(-c3ccc(C(F)(F)F)cc3)nc21. The Morgan fingerprint density at radius 1 is 1.06 bits per heavy atom. The van der Waals surface area contributed by atoms with Crippen molar-refractivity contribution in [3.8, 4) is 11.3 Å². The number of carbonyl (C=O) groups excluding carboxylic acids is 1. The number of nitrogens with one attached hydrogen (secondary N) is 1. The van der Waals surface area contributed by atoms with Crippen molar-refractivity contribution in [2.24, 2.45) is 7.05 Å². The monoisotopic (exact) mass is 424 g/mol. The molecule has 0 saturated carbocycles. The molecule has 0 spiro atoms. The van der Waals surface area contributed by atoms with Crippen molar-refractivity contribution in [1.82, 2.24) is 20.1 Å². The first-order valence-electron chi connectivity index (χ1n) is 9.65. The Labute approximate surface area is 176 Å². The fraction of sp³-hybridized carbons (Fsp3) is 0.174. The number of hydrogen-bond acceptors (Lipinski definition) is 3. The molecule has 1 N–H and O–H groups in total. The summed E-state index contributed by atoms with van der Waals surface area (Å²) < 4.78 is 40.1. The van der Waals surface area contributed by atoms with Gasteiger partial charge in [0.15, 0.2) is 5.65 Å². The number of nitrogens with zero attached hydrogens (tertiary/aromatic N) is 3. The summed E-state index contributed by atoms with van der Waals surface area (Å²) in [4.78, 5) is 17.4. The van der Waals surface area contributed by atoms with Gasteiger partial charge in [-0.3, -0.25) is 9.48 Å². The average molecular weight is 424 g/mol. The van der Waals surface area contributed by atoms with Crippen molar-refractivity contribution in [1.29, 1.82) is 0 Å². The number of amides is 1. The highest BCUT2D eigenvalue weighted by atomic mass is 19.4. The molecule has 1 amide bonds. The van der Waals surface area contributed by atoms with Crippen LogP contribution < -0.4 is 5.32 Å². The van der Waals surface area contributed by atoms with Gasteiger partial charge >= 0.3 is 6.18 Å². The molecule has 0 aliphatic carbocycles. The summed E-state index contributed by atoms with van der Waals surface area (Å²) in [6, 6.07) is 16.1. The van der Waals surface area contributed by atoms with Gasteiger partial charge in [0, 0.05) is 19.2 Å². The van der Waals surface area contributed by atoms with E-state index in [1.807, 2.05) is 30.3 Å². The second kappa shape index (κ2) is 8.22. The fourth-order valence-electron chi connectivity index (χ4n) is 3.34. The van der Waals surface area contributed by atoms with E-state index in [2.05, 4.69) is 15.4 Å². The summed E-state index contributed by atoms with van der Waals surface area (Å²) in [5, 5.41) is 7.66. The molecule has 5 nitrogen and oxygen atoms in total. The van der Waals surface area contributed by atoms with Crippen LogP contribution >= 0.6 is 0 Å². The standard InChI is InChI=1S/C23H19F3N4O/c1-30-21-19(14-28-30)18(22(31)27-12-11-15-5-3-2-4-6-15)13-20(29-21)16-7-9-17(10-8-16)23(24,25)26/h2-10,13-14H,11-12H2,1H3,(H,27,31). The molecule has 8 heteroatoms. The molecule has 31 heavy (non-hydrogen) atoms. The molecule has 0 fully saturated rings. The molecule has 0 atom stereocenters. The Morgan fingerprint density at radius 3 is 2.45 bits per heavy atom. The highest BCUT2D eigenvalue weighted by Gasteiger charge is 2.30. The van der Waals surface area contributed by atoms with Crippen LogP contribution in [0.4, 0.5) is 13.2 Å². The predicted octanol–water partition coefficient (Wildman–Crippen LogP) is 4.63. The first-order chi connectivity index (χ1) is 14.8. The lowest BCUT2D eigenvalue weighted by Crippen LogP contribution is -2.26. The van der Waals surface area contributed by atoms with Gasteiger partial charge in [-0.15, -0.1) is 0 Å². The van der Waals surface area contributed by atoms with Gasteiger partial charge < -0.3 is 5.32 Å². The zero-order valence-corrected chi connectivity index (χ0v) is 16.6. The minimum atomic E-state index is -4.41. The number of aromatic nitrogens is 3. The third-order valence-corrected chi connectivity index (χ3v) is 5.00. The summed E-state index contributed by atoms with van der Waals surface area (Å²) in [5.74, 6) is -0.288. The van der Waals surface area contributed by atoms with Crippen LogP contribution in [0.25, 0.3) is 22.3 Å². The minimum absolute atomic E-state index is 0.288. The molecule has 4 aromatic rings. The number of rotatable bonds is 5. The van der Waals surface area contributed by atoms with E-state index in [9.17, 15) is 18.0 Å². The van der Waals surface area contributed by atoms with Gasteiger partial charge in [-0.25, -0.2) is 4.98 Å². The van der Waals surface area contributed by atoms with Gasteiger partial charge in [-0.2, -0.15) is 18.3 Å². The number of fused-ring (bicyclic) bond motifs is 1. The van der Waals surface area contributed by atoms with Crippen LogP contribution in [0.2, 0.25) is 0 Å². The molecule has 2 heterocycles. The summed E-state index contributed by atoms with van der Waals surface area (Å²) in [5.41, 5.74) is 2.10. The number of benzene rings is 2. The van der Waals surface area contributed by atoms with Gasteiger partial charge in [-0.05, 0) is 30.2 Å². The number of hydrogen-bond donors (Lipinski definition) is 1. The van der Waals surface area contributed by atoms with Crippen LogP contribution in [-0.2, 0) is 19.6 Å². The van der Waals surface area contributed by atoms with Gasteiger partial charge in [0.1, 0.15) is 0 Å². The van der Waals surface area contributed by atoms with E-state index in [0.717, 1.165) is 17.7 Å². The largest absolute Gasteiger partial charge is 0.416 e. The van der Waals surface area contributed by atoms with Crippen LogP contribution in [0.1, 0.15) is 21.5 Å². The molecule has 0 aliphatic heterocycles. The third kappa shape index (κ3) is 4.42. The summed E-state index contributed by atoms with van der Waals surface area (Å²) in [6.07, 6.45) is -2.17. The average Bonchev–Trinajstić information content (AvgIpc) is 3.14. The van der Waals surface area contributed by atoms with Crippen LogP contribution in [0.3, 0.4) is 0 Å². The minimum Gasteiger partial charge on any atom is -0.352 e. The molecule has 0 aliphatic rings. The summed E-state index contributed by atoms with van der Waals surface area (Å²) >= 11 is 0. The smallest absolute Gasteiger partial charge is 0.352 e. The second-order valence-corrected chi connectivity index (χ2v) is 7.13. The third-order valence-electron chi connectivity index (χ3n) is 5.00. The molecule has 0 unspecified atom stereocenters. The number of carbonyl (C=O) groups is 1. The van der Waals surface area contributed by atoms with Crippen molar-refractivity contribution in [3.05, 3.63) is 83.6 Å². The molecule has 158 valence electrons. The Hall–Kier alpha value is -3.68.